The molecule has 0 unspecified atom stereocenters. The van der Waals surface area contributed by atoms with Gasteiger partial charge in [-0.3, -0.25) is 14.6 Å². The lowest BCUT2D eigenvalue weighted by Gasteiger charge is -2.40. The molecule has 1 aromatic carbocycles. The van der Waals surface area contributed by atoms with Crippen LogP contribution in [0.2, 0.25) is 0 Å². The summed E-state index contributed by atoms with van der Waals surface area (Å²) < 4.78 is 5.33. The van der Waals surface area contributed by atoms with Crippen LogP contribution in [0.1, 0.15) is 42.9 Å². The van der Waals surface area contributed by atoms with Crippen molar-refractivity contribution in [1.82, 2.24) is 14.8 Å². The van der Waals surface area contributed by atoms with E-state index in [-0.39, 0.29) is 29.7 Å². The molecule has 1 saturated carbocycles. The number of nitrogens with zero attached hydrogens (tertiary/aromatic N) is 3. The summed E-state index contributed by atoms with van der Waals surface area (Å²) in [5.74, 6) is 1.99. The molecule has 2 amide bonds. The molecule has 3 atom stereocenters. The molecule has 2 aromatic rings. The number of benzene rings is 1. The summed E-state index contributed by atoms with van der Waals surface area (Å²) in [6.07, 6.45) is 6.12. The topological polar surface area (TPSA) is 62.7 Å². The van der Waals surface area contributed by atoms with Crippen molar-refractivity contribution in [3.63, 3.8) is 0 Å². The van der Waals surface area contributed by atoms with Crippen LogP contribution in [0.5, 0.6) is 5.75 Å². The average Bonchev–Trinajstić information content (AvgIpc) is 3.17. The SMILES string of the molecule is COc1ccc([C@@H]2CN(C(=O)C3CCC3)[C@H]3CCN(C(=O)Cc4ccccn4)C[C@@H]23)cc1. The van der Waals surface area contributed by atoms with Crippen LogP contribution in [-0.2, 0) is 16.0 Å². The molecule has 2 aliphatic heterocycles. The number of pyridine rings is 1. The molecule has 32 heavy (non-hydrogen) atoms. The van der Waals surface area contributed by atoms with Gasteiger partial charge in [-0.25, -0.2) is 0 Å². The van der Waals surface area contributed by atoms with Crippen LogP contribution in [0.15, 0.2) is 48.7 Å². The molecular formula is C26H31N3O3. The number of carbonyl (C=O) groups is 2. The molecule has 0 bridgehead atoms. The molecule has 3 heterocycles. The summed E-state index contributed by atoms with van der Waals surface area (Å²) in [6, 6.07) is 14.1. The fourth-order valence-corrected chi connectivity index (χ4v) is 5.58. The van der Waals surface area contributed by atoms with Gasteiger partial charge in [0.1, 0.15) is 5.75 Å². The number of likely N-dealkylation sites (tertiary alicyclic amines) is 2. The Morgan fingerprint density at radius 1 is 1.06 bits per heavy atom. The molecule has 3 fully saturated rings. The largest absolute Gasteiger partial charge is 0.497 e. The highest BCUT2D eigenvalue weighted by Gasteiger charge is 2.49. The predicted octanol–water partition coefficient (Wildman–Crippen LogP) is 3.28. The summed E-state index contributed by atoms with van der Waals surface area (Å²) in [5, 5.41) is 0. The van der Waals surface area contributed by atoms with Gasteiger partial charge in [0.2, 0.25) is 11.8 Å². The Morgan fingerprint density at radius 3 is 2.53 bits per heavy atom. The van der Waals surface area contributed by atoms with E-state index in [1.165, 1.54) is 5.56 Å². The lowest BCUT2D eigenvalue weighted by Crippen LogP contribution is -2.51. The minimum absolute atomic E-state index is 0.124. The zero-order valence-corrected chi connectivity index (χ0v) is 18.7. The van der Waals surface area contributed by atoms with Crippen molar-refractivity contribution in [1.29, 1.82) is 0 Å². The van der Waals surface area contributed by atoms with E-state index in [1.54, 1.807) is 13.3 Å². The quantitative estimate of drug-likeness (QED) is 0.726. The average molecular weight is 434 g/mol. The first-order valence-corrected chi connectivity index (χ1v) is 11.8. The van der Waals surface area contributed by atoms with Crippen LogP contribution >= 0.6 is 0 Å². The molecule has 168 valence electrons. The monoisotopic (exact) mass is 433 g/mol. The second kappa shape index (κ2) is 8.93. The number of ether oxygens (including phenoxy) is 1. The molecule has 5 rings (SSSR count). The maximum Gasteiger partial charge on any atom is 0.228 e. The molecule has 1 aromatic heterocycles. The molecule has 6 heteroatoms. The Kier molecular flexibility index (Phi) is 5.85. The Labute approximate surface area is 189 Å². The van der Waals surface area contributed by atoms with E-state index in [1.807, 2.05) is 35.2 Å². The van der Waals surface area contributed by atoms with Crippen molar-refractivity contribution in [3.05, 3.63) is 59.9 Å². The number of methoxy groups -OCH3 is 1. The Morgan fingerprint density at radius 2 is 1.88 bits per heavy atom. The fourth-order valence-electron chi connectivity index (χ4n) is 5.58. The van der Waals surface area contributed by atoms with Crippen LogP contribution < -0.4 is 4.74 Å². The number of carbonyl (C=O) groups excluding carboxylic acids is 2. The maximum absolute atomic E-state index is 13.2. The van der Waals surface area contributed by atoms with E-state index in [0.717, 1.165) is 43.7 Å². The van der Waals surface area contributed by atoms with Gasteiger partial charge in [-0.2, -0.15) is 0 Å². The summed E-state index contributed by atoms with van der Waals surface area (Å²) in [7, 11) is 1.67. The highest BCUT2D eigenvalue weighted by atomic mass is 16.5. The highest BCUT2D eigenvalue weighted by Crippen LogP contribution is 2.43. The fraction of sp³-hybridized carbons (Fsp3) is 0.500. The molecule has 2 saturated heterocycles. The molecular weight excluding hydrogens is 402 g/mol. The number of rotatable bonds is 5. The van der Waals surface area contributed by atoms with Gasteiger partial charge >= 0.3 is 0 Å². The number of hydrogen-bond donors (Lipinski definition) is 0. The van der Waals surface area contributed by atoms with E-state index < -0.39 is 0 Å². The van der Waals surface area contributed by atoms with Gasteiger partial charge in [0.05, 0.1) is 13.5 Å². The van der Waals surface area contributed by atoms with Crippen molar-refractivity contribution >= 4 is 11.8 Å². The Hall–Kier alpha value is -2.89. The first-order chi connectivity index (χ1) is 15.6. The summed E-state index contributed by atoms with van der Waals surface area (Å²) in [6.45, 7) is 2.15. The Bertz CT molecular complexity index is 958. The van der Waals surface area contributed by atoms with Gasteiger partial charge in [-0.15, -0.1) is 0 Å². The summed E-state index contributed by atoms with van der Waals surface area (Å²) in [5.41, 5.74) is 2.03. The molecule has 1 aliphatic carbocycles. The lowest BCUT2D eigenvalue weighted by atomic mass is 9.81. The van der Waals surface area contributed by atoms with Crippen molar-refractivity contribution in [2.24, 2.45) is 11.8 Å². The first kappa shape index (κ1) is 21.0. The second-order valence-electron chi connectivity index (χ2n) is 9.36. The van der Waals surface area contributed by atoms with Gasteiger partial charge in [0.15, 0.2) is 0 Å². The van der Waals surface area contributed by atoms with Gasteiger partial charge in [0.25, 0.3) is 0 Å². The number of piperidine rings is 1. The van der Waals surface area contributed by atoms with E-state index in [0.29, 0.717) is 25.4 Å². The van der Waals surface area contributed by atoms with Crippen LogP contribution in [-0.4, -0.2) is 59.4 Å². The van der Waals surface area contributed by atoms with Gasteiger partial charge in [0, 0.05) is 55.3 Å². The van der Waals surface area contributed by atoms with E-state index in [9.17, 15) is 9.59 Å². The number of aromatic nitrogens is 1. The lowest BCUT2D eigenvalue weighted by molar-refractivity contribution is -0.140. The van der Waals surface area contributed by atoms with Crippen LogP contribution in [0.25, 0.3) is 0 Å². The summed E-state index contributed by atoms with van der Waals surface area (Å²) >= 11 is 0. The third-order valence-electron chi connectivity index (χ3n) is 7.62. The van der Waals surface area contributed by atoms with Crippen molar-refractivity contribution in [2.45, 2.75) is 44.1 Å². The molecule has 0 radical (unpaired) electrons. The van der Waals surface area contributed by atoms with Crippen molar-refractivity contribution in [3.8, 4) is 5.75 Å². The zero-order valence-electron chi connectivity index (χ0n) is 18.7. The smallest absolute Gasteiger partial charge is 0.228 e. The van der Waals surface area contributed by atoms with Crippen LogP contribution in [0.3, 0.4) is 0 Å². The van der Waals surface area contributed by atoms with E-state index in [2.05, 4.69) is 22.0 Å². The third kappa shape index (κ3) is 3.98. The maximum atomic E-state index is 13.2. The predicted molar refractivity (Wildman–Crippen MR) is 121 cm³/mol. The standard InChI is InChI=1S/C26H31N3O3/c1-32-21-10-8-18(9-11-21)22-17-29(26(31)19-5-4-6-19)24-12-14-28(16-23(22)24)25(30)15-20-7-2-3-13-27-20/h2-3,7-11,13,19,22-24H,4-6,12,14-17H2,1H3/t22-,23-,24-/m0/s1. The number of hydrogen-bond acceptors (Lipinski definition) is 4. The van der Waals surface area contributed by atoms with Gasteiger partial charge < -0.3 is 14.5 Å². The van der Waals surface area contributed by atoms with E-state index >= 15 is 0 Å². The van der Waals surface area contributed by atoms with Crippen LogP contribution in [0, 0.1) is 11.8 Å². The number of amides is 2. The highest BCUT2D eigenvalue weighted by molar-refractivity contribution is 5.81. The number of fused-ring (bicyclic) bond motifs is 1. The third-order valence-corrected chi connectivity index (χ3v) is 7.62. The van der Waals surface area contributed by atoms with E-state index in [4.69, 9.17) is 4.74 Å². The minimum Gasteiger partial charge on any atom is -0.497 e. The minimum atomic E-state index is 0.124. The normalized spacial score (nSPS) is 25.2. The van der Waals surface area contributed by atoms with Gasteiger partial charge in [-0.1, -0.05) is 24.6 Å². The van der Waals surface area contributed by atoms with Gasteiger partial charge in [-0.05, 0) is 49.1 Å². The molecule has 0 spiro atoms. The molecule has 3 aliphatic rings. The zero-order chi connectivity index (χ0) is 22.1. The van der Waals surface area contributed by atoms with Crippen LogP contribution in [0.4, 0.5) is 0 Å². The molecule has 0 N–H and O–H groups in total. The second-order valence-corrected chi connectivity index (χ2v) is 9.36. The molecule has 6 nitrogen and oxygen atoms in total. The van der Waals surface area contributed by atoms with Crippen molar-refractivity contribution < 1.29 is 14.3 Å². The Balaban J connectivity index is 1.36. The first-order valence-electron chi connectivity index (χ1n) is 11.8. The van der Waals surface area contributed by atoms with Crippen molar-refractivity contribution in [2.75, 3.05) is 26.7 Å². The summed E-state index contributed by atoms with van der Waals surface area (Å²) in [4.78, 5) is 34.7.